The summed E-state index contributed by atoms with van der Waals surface area (Å²) in [7, 11) is 1.54. The van der Waals surface area contributed by atoms with Gasteiger partial charge in [0.25, 0.3) is 5.56 Å². The van der Waals surface area contributed by atoms with Gasteiger partial charge in [-0.05, 0) is 43.0 Å². The SMILES string of the molecule is CC(=N)c1ccccc1Cn1c(N2CCC[C@@H](N)C2)nc2c1c(=O)n(CC(=O)Nc1ccccn1)c(=O)n2C. The number of carbonyl (C=O) groups is 1. The van der Waals surface area contributed by atoms with Crippen LogP contribution in [0.2, 0.25) is 0 Å². The van der Waals surface area contributed by atoms with Gasteiger partial charge in [0.15, 0.2) is 11.2 Å². The molecule has 5 rings (SSSR count). The standard InChI is InChI=1S/C27H31N9O3/c1-17(28)20-10-4-3-8-18(20)14-35-23-24(32-26(35)34-13-7-9-19(29)15-34)33(2)27(39)36(25(23)38)16-22(37)31-21-11-5-6-12-30-21/h3-6,8,10-12,19,28H,7,9,13-16,29H2,1-2H3,(H,30,31,37)/t19-/m1/s1. The van der Waals surface area contributed by atoms with Crippen LogP contribution >= 0.6 is 0 Å². The number of nitrogens with two attached hydrogens (primary N) is 1. The molecule has 12 nitrogen and oxygen atoms in total. The van der Waals surface area contributed by atoms with Crippen molar-refractivity contribution >= 4 is 34.5 Å². The van der Waals surface area contributed by atoms with Crippen LogP contribution in [-0.2, 0) is 24.9 Å². The molecule has 0 aliphatic carbocycles. The average molecular weight is 530 g/mol. The van der Waals surface area contributed by atoms with Crippen LogP contribution < -0.4 is 27.2 Å². The zero-order valence-electron chi connectivity index (χ0n) is 21.9. The van der Waals surface area contributed by atoms with Gasteiger partial charge in [-0.1, -0.05) is 30.3 Å². The number of carbonyl (C=O) groups excluding carboxylic acids is 1. The summed E-state index contributed by atoms with van der Waals surface area (Å²) in [6.45, 7) is 2.74. The molecule has 0 spiro atoms. The number of hydrogen-bond donors (Lipinski definition) is 3. The van der Waals surface area contributed by atoms with E-state index in [0.717, 1.165) is 28.5 Å². The minimum absolute atomic E-state index is 0.0427. The molecule has 3 aromatic heterocycles. The molecular weight excluding hydrogens is 498 g/mol. The molecule has 1 atom stereocenters. The summed E-state index contributed by atoms with van der Waals surface area (Å²) in [5, 5.41) is 10.9. The monoisotopic (exact) mass is 529 g/mol. The number of hydrogen-bond acceptors (Lipinski definition) is 8. The highest BCUT2D eigenvalue weighted by molar-refractivity contribution is 5.97. The lowest BCUT2D eigenvalue weighted by atomic mass is 10.0. The van der Waals surface area contributed by atoms with Crippen molar-refractivity contribution in [1.82, 2.24) is 23.7 Å². The van der Waals surface area contributed by atoms with Crippen LogP contribution in [0.1, 0.15) is 30.9 Å². The van der Waals surface area contributed by atoms with E-state index < -0.39 is 23.7 Å². The van der Waals surface area contributed by atoms with E-state index in [4.69, 9.17) is 16.1 Å². The number of amides is 1. The summed E-state index contributed by atoms with van der Waals surface area (Å²) in [6, 6.07) is 12.5. The van der Waals surface area contributed by atoms with Crippen molar-refractivity contribution in [3.05, 3.63) is 80.6 Å². The number of aromatic nitrogens is 5. The maximum absolute atomic E-state index is 13.9. The van der Waals surface area contributed by atoms with Crippen molar-refractivity contribution in [3.63, 3.8) is 0 Å². The van der Waals surface area contributed by atoms with Gasteiger partial charge in [-0.15, -0.1) is 0 Å². The van der Waals surface area contributed by atoms with Crippen LogP contribution in [0.25, 0.3) is 11.2 Å². The number of pyridine rings is 1. The van der Waals surface area contributed by atoms with E-state index in [0.29, 0.717) is 30.6 Å². The fourth-order valence-electron chi connectivity index (χ4n) is 5.04. The van der Waals surface area contributed by atoms with Crippen molar-refractivity contribution in [2.75, 3.05) is 23.3 Å². The van der Waals surface area contributed by atoms with Crippen molar-refractivity contribution in [2.45, 2.75) is 38.9 Å². The quantitative estimate of drug-likeness (QED) is 0.305. The Morgan fingerprint density at radius 1 is 1.15 bits per heavy atom. The van der Waals surface area contributed by atoms with Gasteiger partial charge >= 0.3 is 5.69 Å². The van der Waals surface area contributed by atoms with E-state index >= 15 is 0 Å². The summed E-state index contributed by atoms with van der Waals surface area (Å²) < 4.78 is 3.99. The van der Waals surface area contributed by atoms with Crippen LogP contribution in [-0.4, -0.2) is 54.4 Å². The van der Waals surface area contributed by atoms with E-state index in [9.17, 15) is 14.4 Å². The lowest BCUT2D eigenvalue weighted by Crippen LogP contribution is -2.44. The van der Waals surface area contributed by atoms with E-state index in [1.807, 2.05) is 29.2 Å². The largest absolute Gasteiger partial charge is 0.341 e. The third-order valence-corrected chi connectivity index (χ3v) is 6.94. The van der Waals surface area contributed by atoms with Gasteiger partial charge < -0.3 is 21.4 Å². The zero-order chi connectivity index (χ0) is 27.7. The molecule has 0 bridgehead atoms. The number of nitrogens with one attached hydrogen (secondary N) is 2. The molecule has 0 unspecified atom stereocenters. The van der Waals surface area contributed by atoms with Gasteiger partial charge in [0, 0.05) is 38.1 Å². The molecule has 1 fully saturated rings. The number of imidazole rings is 1. The molecule has 0 saturated carbocycles. The number of aryl methyl sites for hydroxylation is 1. The lowest BCUT2D eigenvalue weighted by Gasteiger charge is -2.32. The van der Waals surface area contributed by atoms with Crippen molar-refractivity contribution in [2.24, 2.45) is 12.8 Å². The molecule has 1 saturated heterocycles. The predicted molar refractivity (Wildman–Crippen MR) is 150 cm³/mol. The van der Waals surface area contributed by atoms with E-state index in [1.54, 1.807) is 29.7 Å². The molecule has 12 heteroatoms. The maximum atomic E-state index is 13.9. The summed E-state index contributed by atoms with van der Waals surface area (Å²) in [5.41, 5.74) is 7.42. The number of nitrogens with zero attached hydrogens (tertiary/aromatic N) is 6. The highest BCUT2D eigenvalue weighted by Crippen LogP contribution is 2.25. The zero-order valence-corrected chi connectivity index (χ0v) is 21.9. The van der Waals surface area contributed by atoms with Crippen molar-refractivity contribution < 1.29 is 4.79 Å². The number of anilines is 2. The summed E-state index contributed by atoms with van der Waals surface area (Å²) >= 11 is 0. The van der Waals surface area contributed by atoms with E-state index in [-0.39, 0.29) is 23.8 Å². The molecule has 4 aromatic rings. The summed E-state index contributed by atoms with van der Waals surface area (Å²) in [6.07, 6.45) is 3.30. The average Bonchev–Trinajstić information content (AvgIpc) is 3.30. The first kappa shape index (κ1) is 26.0. The number of rotatable bonds is 7. The normalized spacial score (nSPS) is 15.5. The Balaban J connectivity index is 1.66. The van der Waals surface area contributed by atoms with Crippen molar-refractivity contribution in [1.29, 1.82) is 5.41 Å². The Bertz CT molecular complexity index is 1670. The van der Waals surface area contributed by atoms with Gasteiger partial charge in [0.2, 0.25) is 11.9 Å². The van der Waals surface area contributed by atoms with E-state index in [1.165, 1.54) is 17.8 Å². The third-order valence-electron chi connectivity index (χ3n) is 6.94. The van der Waals surface area contributed by atoms with Gasteiger partial charge in [-0.25, -0.2) is 14.3 Å². The highest BCUT2D eigenvalue weighted by atomic mass is 16.2. The Morgan fingerprint density at radius 2 is 1.92 bits per heavy atom. The predicted octanol–water partition coefficient (Wildman–Crippen LogP) is 1.29. The Kier molecular flexibility index (Phi) is 7.11. The van der Waals surface area contributed by atoms with Crippen molar-refractivity contribution in [3.8, 4) is 0 Å². The topological polar surface area (TPSA) is 157 Å². The fraction of sp³-hybridized carbons (Fsp3) is 0.333. The molecule has 0 radical (unpaired) electrons. The number of fused-ring (bicyclic) bond motifs is 1. The van der Waals surface area contributed by atoms with E-state index in [2.05, 4.69) is 10.3 Å². The Morgan fingerprint density at radius 3 is 2.64 bits per heavy atom. The third kappa shape index (κ3) is 5.10. The molecule has 1 amide bonds. The van der Waals surface area contributed by atoms with Gasteiger partial charge in [-0.2, -0.15) is 4.98 Å². The van der Waals surface area contributed by atoms with Crippen LogP contribution in [0.15, 0.2) is 58.3 Å². The van der Waals surface area contributed by atoms with Gasteiger partial charge in [0.1, 0.15) is 12.4 Å². The second-order valence-electron chi connectivity index (χ2n) is 9.80. The maximum Gasteiger partial charge on any atom is 0.332 e. The molecule has 4 heterocycles. The second kappa shape index (κ2) is 10.7. The first-order valence-corrected chi connectivity index (χ1v) is 12.8. The molecule has 1 aromatic carbocycles. The molecule has 202 valence electrons. The van der Waals surface area contributed by atoms with Gasteiger partial charge in [-0.3, -0.25) is 18.7 Å². The fourth-order valence-corrected chi connectivity index (χ4v) is 5.04. The summed E-state index contributed by atoms with van der Waals surface area (Å²) in [5.74, 6) is 0.298. The second-order valence-corrected chi connectivity index (χ2v) is 9.80. The molecule has 4 N–H and O–H groups in total. The Labute approximate surface area is 224 Å². The molecular formula is C27H31N9O3. The lowest BCUT2D eigenvalue weighted by molar-refractivity contribution is -0.116. The molecule has 1 aliphatic heterocycles. The molecule has 1 aliphatic rings. The van der Waals surface area contributed by atoms with Crippen LogP contribution in [0.3, 0.4) is 0 Å². The van der Waals surface area contributed by atoms with Crippen LogP contribution in [0.5, 0.6) is 0 Å². The highest BCUT2D eigenvalue weighted by Gasteiger charge is 2.27. The first-order valence-electron chi connectivity index (χ1n) is 12.8. The smallest absolute Gasteiger partial charge is 0.332 e. The minimum atomic E-state index is -0.647. The van der Waals surface area contributed by atoms with Gasteiger partial charge in [0.05, 0.1) is 6.54 Å². The number of piperidine rings is 1. The number of benzene rings is 1. The minimum Gasteiger partial charge on any atom is -0.341 e. The molecule has 39 heavy (non-hydrogen) atoms. The van der Waals surface area contributed by atoms with Crippen LogP contribution in [0.4, 0.5) is 11.8 Å². The Hall–Kier alpha value is -4.58. The summed E-state index contributed by atoms with van der Waals surface area (Å²) in [4.78, 5) is 50.8. The first-order chi connectivity index (χ1) is 18.7. The van der Waals surface area contributed by atoms with Crippen LogP contribution in [0, 0.1) is 5.41 Å².